The molecule has 0 saturated carbocycles. The first-order chi connectivity index (χ1) is 14.1. The minimum Gasteiger partial charge on any atom is -0.497 e. The number of carbonyl (C=O) groups is 2. The molecule has 0 fully saturated rings. The number of primary amides is 1. The number of hydrogen-bond acceptors (Lipinski definition) is 6. The lowest BCUT2D eigenvalue weighted by Gasteiger charge is -2.29. The van der Waals surface area contributed by atoms with E-state index >= 15 is 0 Å². The summed E-state index contributed by atoms with van der Waals surface area (Å²) < 4.78 is 16.5. The van der Waals surface area contributed by atoms with Crippen LogP contribution in [0, 0.1) is 12.3 Å². The minimum absolute atomic E-state index is 0.150. The summed E-state index contributed by atoms with van der Waals surface area (Å²) in [7, 11) is 3.06. The number of ether oxygens (including phenoxy) is 2. The van der Waals surface area contributed by atoms with Gasteiger partial charge in [-0.1, -0.05) is 13.8 Å². The third-order valence-electron chi connectivity index (χ3n) is 4.96. The number of carbonyl (C=O) groups excluding carboxylic acids is 2. The Morgan fingerprint density at radius 2 is 1.93 bits per heavy atom. The van der Waals surface area contributed by atoms with Gasteiger partial charge < -0.3 is 24.9 Å². The Hall–Kier alpha value is -3.49. The molecule has 0 bridgehead atoms. The smallest absolute Gasteiger partial charge is 0.332 e. The van der Waals surface area contributed by atoms with Crippen LogP contribution in [0.25, 0.3) is 0 Å². The number of fused-ring (bicyclic) bond motifs is 1. The molecule has 3 rings (SSSR count). The van der Waals surface area contributed by atoms with Crippen LogP contribution in [0.4, 0.5) is 10.5 Å². The van der Waals surface area contributed by atoms with Gasteiger partial charge in [-0.05, 0) is 30.9 Å². The highest BCUT2D eigenvalue weighted by atomic mass is 16.5. The van der Waals surface area contributed by atoms with Crippen LogP contribution in [0.5, 0.6) is 11.5 Å². The van der Waals surface area contributed by atoms with E-state index in [9.17, 15) is 9.59 Å². The van der Waals surface area contributed by atoms with E-state index in [4.69, 9.17) is 19.6 Å². The second kappa shape index (κ2) is 8.10. The monoisotopic (exact) mass is 414 g/mol. The predicted molar refractivity (Wildman–Crippen MR) is 112 cm³/mol. The van der Waals surface area contributed by atoms with Crippen molar-refractivity contribution < 1.29 is 23.5 Å². The highest BCUT2D eigenvalue weighted by Crippen LogP contribution is 2.39. The van der Waals surface area contributed by atoms with Gasteiger partial charge in [-0.2, -0.15) is 5.10 Å². The minimum atomic E-state index is -0.752. The average molecular weight is 414 g/mol. The highest BCUT2D eigenvalue weighted by molar-refractivity contribution is 6.10. The SMILES string of the molecule is COc1ccc(NC(=O)c2oc3c(c2C)/C(=N\NC(N)=O)CC(C)(C)C3)c(OC)c1. The number of methoxy groups -OCH3 is 2. The first-order valence-electron chi connectivity index (χ1n) is 9.43. The third-order valence-corrected chi connectivity index (χ3v) is 4.96. The molecule has 0 saturated heterocycles. The summed E-state index contributed by atoms with van der Waals surface area (Å²) in [6.45, 7) is 5.92. The maximum atomic E-state index is 13.0. The largest absolute Gasteiger partial charge is 0.497 e. The summed E-state index contributed by atoms with van der Waals surface area (Å²) in [5.74, 6) is 1.50. The van der Waals surface area contributed by atoms with E-state index in [1.54, 1.807) is 32.2 Å². The molecular formula is C21H26N4O5. The zero-order chi connectivity index (χ0) is 22.1. The number of nitrogens with zero attached hydrogens (tertiary/aromatic N) is 1. The number of hydrogen-bond donors (Lipinski definition) is 3. The van der Waals surface area contributed by atoms with Crippen LogP contribution in [0.3, 0.4) is 0 Å². The van der Waals surface area contributed by atoms with Gasteiger partial charge in [-0.25, -0.2) is 10.2 Å². The molecule has 9 nitrogen and oxygen atoms in total. The lowest BCUT2D eigenvalue weighted by molar-refractivity contribution is 0.0992. The third kappa shape index (κ3) is 4.24. The molecule has 9 heteroatoms. The van der Waals surface area contributed by atoms with Gasteiger partial charge in [0.15, 0.2) is 5.76 Å². The fraction of sp³-hybridized carbons (Fsp3) is 0.381. The molecule has 1 heterocycles. The fourth-order valence-corrected chi connectivity index (χ4v) is 3.63. The van der Waals surface area contributed by atoms with Crippen molar-refractivity contribution in [2.45, 2.75) is 33.6 Å². The number of urea groups is 1. The number of benzene rings is 1. The zero-order valence-electron chi connectivity index (χ0n) is 17.7. The first-order valence-corrected chi connectivity index (χ1v) is 9.43. The molecule has 160 valence electrons. The molecule has 2 aromatic rings. The normalized spacial score (nSPS) is 16.0. The van der Waals surface area contributed by atoms with Gasteiger partial charge in [0.05, 0.1) is 25.6 Å². The topological polar surface area (TPSA) is 128 Å². The van der Waals surface area contributed by atoms with E-state index in [-0.39, 0.29) is 11.2 Å². The van der Waals surface area contributed by atoms with Gasteiger partial charge in [0.2, 0.25) is 0 Å². The standard InChI is InChI=1S/C21H26N4O5/c1-11-17-14(24-25-20(22)27)9-21(2,3)10-16(17)30-18(11)19(26)23-13-7-6-12(28-4)8-15(13)29-5/h6-8H,9-10H2,1-5H3,(H,23,26)(H3,22,25,27)/b24-14-. The van der Waals surface area contributed by atoms with E-state index in [0.29, 0.717) is 47.1 Å². The predicted octanol–water partition coefficient (Wildman–Crippen LogP) is 3.20. The van der Waals surface area contributed by atoms with Crippen LogP contribution >= 0.6 is 0 Å². The summed E-state index contributed by atoms with van der Waals surface area (Å²) >= 11 is 0. The van der Waals surface area contributed by atoms with Gasteiger partial charge >= 0.3 is 6.03 Å². The number of rotatable bonds is 5. The van der Waals surface area contributed by atoms with E-state index < -0.39 is 11.9 Å². The first kappa shape index (κ1) is 21.2. The van der Waals surface area contributed by atoms with E-state index in [2.05, 4.69) is 29.7 Å². The Kier molecular flexibility index (Phi) is 5.73. The Bertz CT molecular complexity index is 1020. The van der Waals surface area contributed by atoms with Crippen LogP contribution in [0.15, 0.2) is 27.7 Å². The molecule has 0 spiro atoms. The molecular weight excluding hydrogens is 388 g/mol. The molecule has 3 amide bonds. The summed E-state index contributed by atoms with van der Waals surface area (Å²) in [5, 5.41) is 6.97. The van der Waals surface area contributed by atoms with E-state index in [1.165, 1.54) is 7.11 Å². The molecule has 1 aliphatic carbocycles. The van der Waals surface area contributed by atoms with Crippen molar-refractivity contribution in [1.29, 1.82) is 0 Å². The van der Waals surface area contributed by atoms with Crippen LogP contribution in [-0.4, -0.2) is 31.9 Å². The molecule has 1 aromatic carbocycles. The van der Waals surface area contributed by atoms with Gasteiger partial charge in [-0.15, -0.1) is 0 Å². The molecule has 4 N–H and O–H groups in total. The molecule has 0 unspecified atom stereocenters. The number of anilines is 1. The molecule has 0 radical (unpaired) electrons. The van der Waals surface area contributed by atoms with Gasteiger partial charge in [0, 0.05) is 23.6 Å². The van der Waals surface area contributed by atoms with E-state index in [1.807, 2.05) is 0 Å². The Labute approximate surface area is 174 Å². The van der Waals surface area contributed by atoms with Gasteiger partial charge in [0.25, 0.3) is 5.91 Å². The van der Waals surface area contributed by atoms with Crippen molar-refractivity contribution in [2.75, 3.05) is 19.5 Å². The lowest BCUT2D eigenvalue weighted by Crippen LogP contribution is -2.31. The number of amides is 3. The zero-order valence-corrected chi connectivity index (χ0v) is 17.7. The number of hydrazone groups is 1. The maximum absolute atomic E-state index is 13.0. The summed E-state index contributed by atoms with van der Waals surface area (Å²) in [6, 6.07) is 4.35. The Morgan fingerprint density at radius 1 is 1.20 bits per heavy atom. The molecule has 1 aliphatic rings. The van der Waals surface area contributed by atoms with Crippen molar-refractivity contribution in [3.05, 3.63) is 40.8 Å². The Morgan fingerprint density at radius 3 is 2.57 bits per heavy atom. The summed E-state index contributed by atoms with van der Waals surface area (Å²) in [4.78, 5) is 24.1. The van der Waals surface area contributed by atoms with Crippen molar-refractivity contribution in [1.82, 2.24) is 5.43 Å². The Balaban J connectivity index is 1.96. The van der Waals surface area contributed by atoms with Crippen LogP contribution in [-0.2, 0) is 6.42 Å². The second-order valence-corrected chi connectivity index (χ2v) is 7.93. The summed E-state index contributed by atoms with van der Waals surface area (Å²) in [5.41, 5.74) is 9.78. The van der Waals surface area contributed by atoms with Crippen molar-refractivity contribution >= 4 is 23.3 Å². The van der Waals surface area contributed by atoms with Crippen molar-refractivity contribution in [3.8, 4) is 11.5 Å². The average Bonchev–Trinajstić information content (AvgIpc) is 3.01. The quantitative estimate of drug-likeness (QED) is 0.647. The van der Waals surface area contributed by atoms with Gasteiger partial charge in [0.1, 0.15) is 17.3 Å². The van der Waals surface area contributed by atoms with E-state index in [0.717, 1.165) is 5.56 Å². The number of nitrogens with one attached hydrogen (secondary N) is 2. The molecule has 1 aromatic heterocycles. The van der Waals surface area contributed by atoms with Gasteiger partial charge in [-0.3, -0.25) is 4.79 Å². The number of furan rings is 1. The highest BCUT2D eigenvalue weighted by Gasteiger charge is 2.36. The fourth-order valence-electron chi connectivity index (χ4n) is 3.63. The second-order valence-electron chi connectivity index (χ2n) is 7.93. The molecule has 30 heavy (non-hydrogen) atoms. The molecule has 0 atom stereocenters. The van der Waals surface area contributed by atoms with Crippen LogP contribution in [0.2, 0.25) is 0 Å². The lowest BCUT2D eigenvalue weighted by atomic mass is 9.75. The van der Waals surface area contributed by atoms with Crippen molar-refractivity contribution in [2.24, 2.45) is 16.3 Å². The summed E-state index contributed by atoms with van der Waals surface area (Å²) in [6.07, 6.45) is 1.24. The maximum Gasteiger partial charge on any atom is 0.332 e. The van der Waals surface area contributed by atoms with Crippen LogP contribution < -0.4 is 25.9 Å². The number of nitrogens with two attached hydrogens (primary N) is 1. The van der Waals surface area contributed by atoms with Crippen LogP contribution in [0.1, 0.15) is 47.7 Å². The molecule has 0 aliphatic heterocycles. The van der Waals surface area contributed by atoms with Crippen molar-refractivity contribution in [3.63, 3.8) is 0 Å².